The van der Waals surface area contributed by atoms with Gasteiger partial charge in [-0.2, -0.15) is 0 Å². The molecule has 0 bridgehead atoms. The molecule has 2 rings (SSSR count). The second kappa shape index (κ2) is 12.2. The molecule has 0 amide bonds. The van der Waals surface area contributed by atoms with E-state index in [9.17, 15) is 4.79 Å². The van der Waals surface area contributed by atoms with Crippen LogP contribution in [0.5, 0.6) is 5.75 Å². The topological polar surface area (TPSA) is 75.2 Å². The lowest BCUT2D eigenvalue weighted by atomic mass is 10.0. The van der Waals surface area contributed by atoms with Crippen LogP contribution in [0.1, 0.15) is 44.2 Å². The lowest BCUT2D eigenvalue weighted by molar-refractivity contribution is -0.140. The molecule has 1 aliphatic heterocycles. The normalized spacial score (nSPS) is 16.3. The summed E-state index contributed by atoms with van der Waals surface area (Å²) in [5.41, 5.74) is 1.25. The fraction of sp³-hybridized carbons (Fsp3) is 0.619. The Kier molecular flexibility index (Phi) is 9.62. The molecule has 7 nitrogen and oxygen atoms in total. The van der Waals surface area contributed by atoms with E-state index in [1.165, 1.54) is 31.9 Å². The van der Waals surface area contributed by atoms with E-state index in [1.807, 2.05) is 19.1 Å². The molecule has 1 aliphatic rings. The van der Waals surface area contributed by atoms with Crippen LogP contribution in [-0.4, -0.2) is 63.8 Å². The Morgan fingerprint density at radius 2 is 1.86 bits per heavy atom. The number of benzene rings is 1. The number of hydrogen-bond acceptors (Lipinski definition) is 5. The van der Waals surface area contributed by atoms with Crippen LogP contribution >= 0.6 is 0 Å². The zero-order chi connectivity index (χ0) is 20.2. The number of rotatable bonds is 9. The maximum Gasteiger partial charge on any atom is 0.307 e. The number of likely N-dealkylation sites (tertiary alicyclic amines) is 1. The Labute approximate surface area is 168 Å². The quantitative estimate of drug-likeness (QED) is 0.383. The minimum absolute atomic E-state index is 0.224. The van der Waals surface area contributed by atoms with E-state index in [0.29, 0.717) is 19.5 Å². The Morgan fingerprint density at radius 3 is 2.46 bits per heavy atom. The van der Waals surface area contributed by atoms with E-state index in [0.717, 1.165) is 31.3 Å². The summed E-state index contributed by atoms with van der Waals surface area (Å²) in [6.07, 6.45) is 4.07. The molecular formula is C21H34N4O3. The highest BCUT2D eigenvalue weighted by atomic mass is 16.5. The van der Waals surface area contributed by atoms with Crippen LogP contribution in [-0.2, 0) is 9.53 Å². The van der Waals surface area contributed by atoms with E-state index in [-0.39, 0.29) is 12.0 Å². The minimum Gasteiger partial charge on any atom is -0.497 e. The number of methoxy groups -OCH3 is 2. The first kappa shape index (κ1) is 22.0. The highest BCUT2D eigenvalue weighted by molar-refractivity contribution is 5.80. The van der Waals surface area contributed by atoms with Crippen LogP contribution < -0.4 is 15.4 Å². The summed E-state index contributed by atoms with van der Waals surface area (Å²) >= 11 is 0. The third-order valence-electron chi connectivity index (χ3n) is 4.95. The Bertz CT molecular complexity index is 613. The summed E-state index contributed by atoms with van der Waals surface area (Å²) < 4.78 is 9.99. The Hall–Kier alpha value is -2.28. The smallest absolute Gasteiger partial charge is 0.307 e. The third-order valence-corrected chi connectivity index (χ3v) is 4.95. The fourth-order valence-corrected chi connectivity index (χ4v) is 3.39. The predicted octanol–water partition coefficient (Wildman–Crippen LogP) is 2.34. The third kappa shape index (κ3) is 7.03. The molecule has 0 aliphatic carbocycles. The van der Waals surface area contributed by atoms with Gasteiger partial charge in [0.15, 0.2) is 5.96 Å². The second-order valence-corrected chi connectivity index (χ2v) is 6.86. The molecule has 1 saturated heterocycles. The molecule has 2 N–H and O–H groups in total. The molecule has 0 aromatic heterocycles. The van der Waals surface area contributed by atoms with Crippen LogP contribution in [0.25, 0.3) is 0 Å². The zero-order valence-corrected chi connectivity index (χ0v) is 17.4. The monoisotopic (exact) mass is 390 g/mol. The molecule has 1 heterocycles. The number of nitrogens with one attached hydrogen (secondary N) is 2. The van der Waals surface area contributed by atoms with Crippen molar-refractivity contribution in [1.82, 2.24) is 15.5 Å². The van der Waals surface area contributed by atoms with E-state index < -0.39 is 0 Å². The first-order valence-electron chi connectivity index (χ1n) is 10.1. The van der Waals surface area contributed by atoms with Crippen molar-refractivity contribution in [3.8, 4) is 5.75 Å². The molecule has 1 fully saturated rings. The highest BCUT2D eigenvalue weighted by Gasteiger charge is 2.22. The van der Waals surface area contributed by atoms with Gasteiger partial charge in [-0.15, -0.1) is 0 Å². The number of esters is 1. The number of guanidine groups is 1. The van der Waals surface area contributed by atoms with Crippen molar-refractivity contribution in [3.63, 3.8) is 0 Å². The standard InChI is InChI=1S/C21H34N4O3/c1-4-22-21(23-13-12-20(26)28-3)24-16-19(25-14-6-5-7-15-25)17-8-10-18(27-2)11-9-17/h8-11,19H,4-7,12-16H2,1-3H3,(H2,22,23,24). The molecule has 0 saturated carbocycles. The molecule has 7 heteroatoms. The summed E-state index contributed by atoms with van der Waals surface area (Å²) in [6.45, 7) is 6.14. The maximum absolute atomic E-state index is 11.3. The summed E-state index contributed by atoms with van der Waals surface area (Å²) in [5.74, 6) is 1.36. The summed E-state index contributed by atoms with van der Waals surface area (Å²) in [7, 11) is 3.09. The molecule has 1 aromatic carbocycles. The van der Waals surface area contributed by atoms with Crippen molar-refractivity contribution < 1.29 is 14.3 Å². The van der Waals surface area contributed by atoms with Crippen molar-refractivity contribution in [2.45, 2.75) is 38.6 Å². The molecular weight excluding hydrogens is 356 g/mol. The van der Waals surface area contributed by atoms with Gasteiger partial charge < -0.3 is 20.1 Å². The van der Waals surface area contributed by atoms with Crippen LogP contribution in [0, 0.1) is 0 Å². The summed E-state index contributed by atoms with van der Waals surface area (Å²) in [5, 5.41) is 6.46. The van der Waals surface area contributed by atoms with E-state index in [4.69, 9.17) is 14.5 Å². The van der Waals surface area contributed by atoms with Crippen molar-refractivity contribution in [1.29, 1.82) is 0 Å². The van der Waals surface area contributed by atoms with Gasteiger partial charge in [0.1, 0.15) is 5.75 Å². The molecule has 28 heavy (non-hydrogen) atoms. The minimum atomic E-state index is -0.229. The first-order chi connectivity index (χ1) is 13.7. The van der Waals surface area contributed by atoms with Gasteiger partial charge in [0.25, 0.3) is 0 Å². The summed E-state index contributed by atoms with van der Waals surface area (Å²) in [4.78, 5) is 18.6. The molecule has 1 unspecified atom stereocenters. The largest absolute Gasteiger partial charge is 0.497 e. The average Bonchev–Trinajstić information content (AvgIpc) is 2.74. The SMILES string of the molecule is CCNC(=NCC(c1ccc(OC)cc1)N1CCCCC1)NCCC(=O)OC. The molecule has 1 atom stereocenters. The Morgan fingerprint density at radius 1 is 1.14 bits per heavy atom. The first-order valence-corrected chi connectivity index (χ1v) is 10.1. The van der Waals surface area contributed by atoms with E-state index in [2.05, 4.69) is 27.7 Å². The van der Waals surface area contributed by atoms with Crippen molar-refractivity contribution >= 4 is 11.9 Å². The van der Waals surface area contributed by atoms with E-state index in [1.54, 1.807) is 7.11 Å². The van der Waals surface area contributed by atoms with Crippen LogP contribution in [0.4, 0.5) is 0 Å². The number of nitrogens with zero attached hydrogens (tertiary/aromatic N) is 2. The Balaban J connectivity index is 2.09. The predicted molar refractivity (Wildman–Crippen MR) is 112 cm³/mol. The van der Waals surface area contributed by atoms with Gasteiger partial charge in [-0.05, 0) is 50.6 Å². The highest BCUT2D eigenvalue weighted by Crippen LogP contribution is 2.26. The average molecular weight is 391 g/mol. The summed E-state index contributed by atoms with van der Waals surface area (Å²) in [6, 6.07) is 8.50. The number of aliphatic imine (C=N–C) groups is 1. The van der Waals surface area contributed by atoms with Gasteiger partial charge in [0.2, 0.25) is 0 Å². The number of piperidine rings is 1. The maximum atomic E-state index is 11.3. The molecule has 1 aromatic rings. The number of carbonyl (C=O) groups is 1. The zero-order valence-electron chi connectivity index (χ0n) is 17.4. The van der Waals surface area contributed by atoms with Gasteiger partial charge in [-0.1, -0.05) is 18.6 Å². The molecule has 156 valence electrons. The van der Waals surface area contributed by atoms with Crippen molar-refractivity contribution in [2.24, 2.45) is 4.99 Å². The van der Waals surface area contributed by atoms with Crippen molar-refractivity contribution in [3.05, 3.63) is 29.8 Å². The van der Waals surface area contributed by atoms with Crippen LogP contribution in [0.15, 0.2) is 29.3 Å². The van der Waals surface area contributed by atoms with Gasteiger partial charge in [-0.25, -0.2) is 0 Å². The van der Waals surface area contributed by atoms with Crippen LogP contribution in [0.3, 0.4) is 0 Å². The molecule has 0 radical (unpaired) electrons. The second-order valence-electron chi connectivity index (χ2n) is 6.86. The van der Waals surface area contributed by atoms with Gasteiger partial charge in [0, 0.05) is 13.1 Å². The van der Waals surface area contributed by atoms with Gasteiger partial charge in [-0.3, -0.25) is 14.7 Å². The lowest BCUT2D eigenvalue weighted by Crippen LogP contribution is -2.40. The van der Waals surface area contributed by atoms with Gasteiger partial charge in [0.05, 0.1) is 33.2 Å². The fourth-order valence-electron chi connectivity index (χ4n) is 3.39. The van der Waals surface area contributed by atoms with E-state index >= 15 is 0 Å². The van der Waals surface area contributed by atoms with Crippen molar-refractivity contribution in [2.75, 3.05) is 46.9 Å². The number of hydrogen-bond donors (Lipinski definition) is 2. The lowest BCUT2D eigenvalue weighted by Gasteiger charge is -2.34. The molecule has 0 spiro atoms. The number of ether oxygens (including phenoxy) is 2. The van der Waals surface area contributed by atoms with Gasteiger partial charge >= 0.3 is 5.97 Å². The number of carbonyl (C=O) groups excluding carboxylic acids is 1. The van der Waals surface area contributed by atoms with Crippen LogP contribution in [0.2, 0.25) is 0 Å².